The van der Waals surface area contributed by atoms with E-state index in [0.29, 0.717) is 0 Å². The van der Waals surface area contributed by atoms with Gasteiger partial charge in [0.1, 0.15) is 0 Å². The molecule has 0 spiro atoms. The Morgan fingerprint density at radius 1 is 1.36 bits per heavy atom. The number of rotatable bonds is 4. The van der Waals surface area contributed by atoms with Crippen LogP contribution in [0, 0.1) is 6.92 Å². The molecule has 14 heavy (non-hydrogen) atoms. The smallest absolute Gasteiger partial charge is 0.225 e. The minimum absolute atomic E-state index is 0.00433. The van der Waals surface area contributed by atoms with Crippen LogP contribution in [0.4, 0.5) is 5.95 Å². The van der Waals surface area contributed by atoms with Gasteiger partial charge < -0.3 is 10.0 Å². The van der Waals surface area contributed by atoms with Crippen molar-refractivity contribution in [3.8, 4) is 0 Å². The topological polar surface area (TPSA) is 49.2 Å². The summed E-state index contributed by atoms with van der Waals surface area (Å²) < 4.78 is 0. The van der Waals surface area contributed by atoms with Crippen LogP contribution in [0.3, 0.4) is 0 Å². The van der Waals surface area contributed by atoms with Gasteiger partial charge in [-0.3, -0.25) is 0 Å². The zero-order valence-corrected chi connectivity index (χ0v) is 8.99. The summed E-state index contributed by atoms with van der Waals surface area (Å²) in [5.41, 5.74) is 1.64. The Balaban J connectivity index is 2.95. The highest BCUT2D eigenvalue weighted by Crippen LogP contribution is 2.10. The summed E-state index contributed by atoms with van der Waals surface area (Å²) >= 11 is 0. The van der Waals surface area contributed by atoms with Crippen LogP contribution in [0.25, 0.3) is 0 Å². The van der Waals surface area contributed by atoms with Crippen LogP contribution >= 0.6 is 0 Å². The van der Waals surface area contributed by atoms with Crippen LogP contribution < -0.4 is 4.90 Å². The second kappa shape index (κ2) is 4.91. The van der Waals surface area contributed by atoms with E-state index in [9.17, 15) is 0 Å². The first-order valence-corrected chi connectivity index (χ1v) is 4.91. The van der Waals surface area contributed by atoms with Crippen molar-refractivity contribution in [2.24, 2.45) is 0 Å². The maximum Gasteiger partial charge on any atom is 0.225 e. The molecule has 0 radical (unpaired) electrons. The third-order valence-electron chi connectivity index (χ3n) is 2.28. The molecule has 0 saturated carbocycles. The molecule has 0 aliphatic rings. The molecule has 0 aromatic carbocycles. The Hall–Kier alpha value is -1.16. The molecular formula is C10H17N3O. The Kier molecular flexibility index (Phi) is 3.83. The number of hydrogen-bond donors (Lipinski definition) is 1. The van der Waals surface area contributed by atoms with E-state index < -0.39 is 0 Å². The average Bonchev–Trinajstić information content (AvgIpc) is 2.20. The molecule has 0 saturated heterocycles. The molecule has 1 rings (SSSR count). The summed E-state index contributed by atoms with van der Waals surface area (Å²) in [5.74, 6) is 0.740. The highest BCUT2D eigenvalue weighted by Gasteiger charge is 2.06. The molecule has 0 atom stereocenters. The van der Waals surface area contributed by atoms with Crippen molar-refractivity contribution >= 4 is 5.95 Å². The molecule has 0 bridgehead atoms. The largest absolute Gasteiger partial charge is 0.392 e. The van der Waals surface area contributed by atoms with Crippen molar-refractivity contribution < 1.29 is 5.11 Å². The summed E-state index contributed by atoms with van der Waals surface area (Å²) in [7, 11) is 0. The van der Waals surface area contributed by atoms with E-state index in [0.717, 1.165) is 30.3 Å². The fraction of sp³-hybridized carbons (Fsp3) is 0.600. The van der Waals surface area contributed by atoms with Crippen LogP contribution in [0.15, 0.2) is 6.20 Å². The van der Waals surface area contributed by atoms with Gasteiger partial charge >= 0.3 is 0 Å². The van der Waals surface area contributed by atoms with E-state index in [1.807, 2.05) is 6.92 Å². The second-order valence-electron chi connectivity index (χ2n) is 3.11. The molecule has 1 aromatic heterocycles. The van der Waals surface area contributed by atoms with Gasteiger partial charge in [-0.1, -0.05) is 0 Å². The van der Waals surface area contributed by atoms with Gasteiger partial charge in [0.2, 0.25) is 5.95 Å². The van der Waals surface area contributed by atoms with E-state index in [1.54, 1.807) is 6.20 Å². The number of anilines is 1. The summed E-state index contributed by atoms with van der Waals surface area (Å²) in [6.07, 6.45) is 1.69. The van der Waals surface area contributed by atoms with Gasteiger partial charge in [0, 0.05) is 30.5 Å². The van der Waals surface area contributed by atoms with E-state index in [1.165, 1.54) is 0 Å². The first kappa shape index (κ1) is 10.9. The van der Waals surface area contributed by atoms with E-state index in [4.69, 9.17) is 5.11 Å². The number of hydrogen-bond acceptors (Lipinski definition) is 4. The third kappa shape index (κ3) is 2.20. The van der Waals surface area contributed by atoms with Crippen LogP contribution in [0.1, 0.15) is 25.1 Å². The summed E-state index contributed by atoms with van der Waals surface area (Å²) in [6.45, 7) is 7.83. The fourth-order valence-corrected chi connectivity index (χ4v) is 1.29. The van der Waals surface area contributed by atoms with Crippen LogP contribution in [-0.2, 0) is 6.61 Å². The van der Waals surface area contributed by atoms with Crippen LogP contribution in [0.5, 0.6) is 0 Å². The van der Waals surface area contributed by atoms with E-state index in [-0.39, 0.29) is 6.61 Å². The van der Waals surface area contributed by atoms with Crippen molar-refractivity contribution in [3.05, 3.63) is 17.5 Å². The van der Waals surface area contributed by atoms with E-state index >= 15 is 0 Å². The lowest BCUT2D eigenvalue weighted by molar-refractivity contribution is 0.280. The normalized spacial score (nSPS) is 10.3. The van der Waals surface area contributed by atoms with Gasteiger partial charge in [-0.15, -0.1) is 0 Å². The van der Waals surface area contributed by atoms with Crippen molar-refractivity contribution in [1.29, 1.82) is 0 Å². The third-order valence-corrected chi connectivity index (χ3v) is 2.28. The van der Waals surface area contributed by atoms with Gasteiger partial charge in [0.05, 0.1) is 6.61 Å². The predicted molar refractivity (Wildman–Crippen MR) is 56.3 cm³/mol. The predicted octanol–water partition coefficient (Wildman–Crippen LogP) is 1.12. The lowest BCUT2D eigenvalue weighted by Gasteiger charge is -2.18. The van der Waals surface area contributed by atoms with Crippen molar-refractivity contribution in [2.45, 2.75) is 27.4 Å². The lowest BCUT2D eigenvalue weighted by Crippen LogP contribution is -2.24. The van der Waals surface area contributed by atoms with Gasteiger partial charge in [-0.2, -0.15) is 0 Å². The maximum absolute atomic E-state index is 8.97. The summed E-state index contributed by atoms with van der Waals surface area (Å²) in [5, 5.41) is 8.97. The molecule has 0 amide bonds. The average molecular weight is 195 g/mol. The standard InChI is InChI=1S/C10H17N3O/c1-4-13(5-2)10-11-6-9(7-14)8(3)12-10/h6,14H,4-5,7H2,1-3H3. The van der Waals surface area contributed by atoms with Crippen molar-refractivity contribution in [1.82, 2.24) is 9.97 Å². The van der Waals surface area contributed by atoms with Gasteiger partial charge in [-0.25, -0.2) is 9.97 Å². The number of aromatic nitrogens is 2. The summed E-state index contributed by atoms with van der Waals surface area (Å²) in [4.78, 5) is 10.6. The second-order valence-corrected chi connectivity index (χ2v) is 3.11. The Labute approximate surface area is 84.6 Å². The Morgan fingerprint density at radius 3 is 2.43 bits per heavy atom. The molecule has 0 fully saturated rings. The molecule has 0 aliphatic heterocycles. The highest BCUT2D eigenvalue weighted by molar-refractivity contribution is 5.32. The SMILES string of the molecule is CCN(CC)c1ncc(CO)c(C)n1. The van der Waals surface area contributed by atoms with Gasteiger partial charge in [-0.05, 0) is 20.8 Å². The number of aliphatic hydroxyl groups is 1. The molecule has 0 aliphatic carbocycles. The highest BCUT2D eigenvalue weighted by atomic mass is 16.3. The lowest BCUT2D eigenvalue weighted by atomic mass is 10.2. The fourth-order valence-electron chi connectivity index (χ4n) is 1.29. The zero-order chi connectivity index (χ0) is 10.6. The molecule has 1 heterocycles. The molecule has 0 unspecified atom stereocenters. The maximum atomic E-state index is 8.97. The van der Waals surface area contributed by atoms with Crippen LogP contribution in [-0.4, -0.2) is 28.2 Å². The Bertz CT molecular complexity index is 297. The monoisotopic (exact) mass is 195 g/mol. The van der Waals surface area contributed by atoms with Crippen molar-refractivity contribution in [2.75, 3.05) is 18.0 Å². The number of nitrogens with zero attached hydrogens (tertiary/aromatic N) is 3. The molecule has 4 nitrogen and oxygen atoms in total. The van der Waals surface area contributed by atoms with Crippen LogP contribution in [0.2, 0.25) is 0 Å². The van der Waals surface area contributed by atoms with Crippen molar-refractivity contribution in [3.63, 3.8) is 0 Å². The first-order valence-electron chi connectivity index (χ1n) is 4.91. The summed E-state index contributed by atoms with van der Waals surface area (Å²) in [6, 6.07) is 0. The molecule has 1 aromatic rings. The minimum atomic E-state index is 0.00433. The zero-order valence-electron chi connectivity index (χ0n) is 8.99. The molecular weight excluding hydrogens is 178 g/mol. The van der Waals surface area contributed by atoms with Gasteiger partial charge in [0.15, 0.2) is 0 Å². The first-order chi connectivity index (χ1) is 6.72. The number of aliphatic hydroxyl groups excluding tert-OH is 1. The van der Waals surface area contributed by atoms with E-state index in [2.05, 4.69) is 28.7 Å². The molecule has 78 valence electrons. The molecule has 1 N–H and O–H groups in total. The van der Waals surface area contributed by atoms with Gasteiger partial charge in [0.25, 0.3) is 0 Å². The Morgan fingerprint density at radius 2 is 2.00 bits per heavy atom. The minimum Gasteiger partial charge on any atom is -0.392 e. The number of aryl methyl sites for hydroxylation is 1. The molecule has 4 heteroatoms. The quantitative estimate of drug-likeness (QED) is 0.782.